The van der Waals surface area contributed by atoms with Crippen LogP contribution in [0.15, 0.2) is 60.7 Å². The van der Waals surface area contributed by atoms with E-state index in [4.69, 9.17) is 5.73 Å². The second kappa shape index (κ2) is 18.2. The van der Waals surface area contributed by atoms with Crippen molar-refractivity contribution in [3.63, 3.8) is 0 Å². The number of nitrogens with one attached hydrogen (secondary N) is 4. The van der Waals surface area contributed by atoms with Gasteiger partial charge < -0.3 is 37.0 Å². The monoisotopic (exact) mass is 738 g/mol. The number of nitrogens with zero attached hydrogens (tertiary/aromatic N) is 1. The minimum atomic E-state index is -1.72. The first-order valence-corrected chi connectivity index (χ1v) is 18.8. The van der Waals surface area contributed by atoms with Crippen molar-refractivity contribution < 1.29 is 29.1 Å². The van der Waals surface area contributed by atoms with Crippen LogP contribution in [0.1, 0.15) is 85.4 Å². The number of nitrogens with two attached hydrogens (primary N) is 1. The lowest BCUT2D eigenvalue weighted by molar-refractivity contribution is -0.148. The summed E-state index contributed by atoms with van der Waals surface area (Å²) in [6, 6.07) is 13.7. The van der Waals surface area contributed by atoms with Crippen LogP contribution in [0.2, 0.25) is 0 Å². The second-order valence-corrected chi connectivity index (χ2v) is 17.8. The van der Waals surface area contributed by atoms with Gasteiger partial charge >= 0.3 is 0 Å². The number of hydrogen-bond donors (Lipinski definition) is 6. The lowest BCUT2D eigenvalue weighted by atomic mass is 9.85. The van der Waals surface area contributed by atoms with Crippen LogP contribution in [-0.2, 0) is 30.4 Å². The van der Waals surface area contributed by atoms with Crippen LogP contribution in [0.3, 0.4) is 0 Å². The maximum Gasteiger partial charge on any atom is 0.254 e. The van der Waals surface area contributed by atoms with Gasteiger partial charge in [-0.1, -0.05) is 102 Å². The number of aliphatic hydroxyl groups excluding tert-OH is 1. The van der Waals surface area contributed by atoms with Crippen LogP contribution in [0, 0.1) is 10.8 Å². The Morgan fingerprint density at radius 3 is 2.06 bits per heavy atom. The van der Waals surface area contributed by atoms with Gasteiger partial charge in [-0.05, 0) is 55.2 Å². The van der Waals surface area contributed by atoms with Gasteiger partial charge in [0.1, 0.15) is 18.1 Å². The second-order valence-electron chi connectivity index (χ2n) is 16.2. The van der Waals surface area contributed by atoms with Gasteiger partial charge in [0.15, 0.2) is 6.10 Å². The van der Waals surface area contributed by atoms with Crippen LogP contribution in [0.5, 0.6) is 0 Å². The van der Waals surface area contributed by atoms with Crippen molar-refractivity contribution in [1.82, 2.24) is 26.2 Å². The molecule has 1 saturated heterocycles. The molecular formula is C39H58N6O6S. The highest BCUT2D eigenvalue weighted by Gasteiger charge is 2.50. The van der Waals surface area contributed by atoms with Crippen molar-refractivity contribution >= 4 is 41.3 Å². The van der Waals surface area contributed by atoms with Crippen molar-refractivity contribution in [2.24, 2.45) is 16.6 Å². The van der Waals surface area contributed by atoms with E-state index in [0.717, 1.165) is 5.56 Å². The Balaban J connectivity index is 1.91. The summed E-state index contributed by atoms with van der Waals surface area (Å²) >= 11 is 1.44. The number of hydrogen-bond acceptors (Lipinski definition) is 8. The molecule has 3 rings (SSSR count). The third-order valence-corrected chi connectivity index (χ3v) is 10.2. The zero-order chi connectivity index (χ0) is 38.9. The van der Waals surface area contributed by atoms with Crippen LogP contribution in [0.25, 0.3) is 0 Å². The first kappa shape index (κ1) is 42.5. The lowest BCUT2D eigenvalue weighted by Gasteiger charge is -2.36. The first-order chi connectivity index (χ1) is 24.2. The number of carbonyl (C=O) groups excluding carboxylic acids is 5. The number of thioether (sulfide) groups is 1. The summed E-state index contributed by atoms with van der Waals surface area (Å²) in [4.78, 5) is 69.9. The Morgan fingerprint density at radius 2 is 1.50 bits per heavy atom. The van der Waals surface area contributed by atoms with Crippen LogP contribution in [0.4, 0.5) is 0 Å². The Hall–Kier alpha value is -3.94. The summed E-state index contributed by atoms with van der Waals surface area (Å²) < 4.78 is -0.633. The zero-order valence-electron chi connectivity index (χ0n) is 31.8. The van der Waals surface area contributed by atoms with Crippen molar-refractivity contribution in [2.45, 2.75) is 110 Å². The van der Waals surface area contributed by atoms with E-state index in [2.05, 4.69) is 21.3 Å². The topological polar surface area (TPSA) is 183 Å². The molecular weight excluding hydrogens is 681 g/mol. The summed E-state index contributed by atoms with van der Waals surface area (Å²) in [6.45, 7) is 15.9. The van der Waals surface area contributed by atoms with E-state index >= 15 is 0 Å². The third-order valence-electron chi connectivity index (χ3n) is 8.85. The van der Waals surface area contributed by atoms with Gasteiger partial charge in [-0.2, -0.15) is 0 Å². The molecule has 286 valence electrons. The Morgan fingerprint density at radius 1 is 0.904 bits per heavy atom. The van der Waals surface area contributed by atoms with E-state index in [1.807, 2.05) is 65.0 Å². The van der Waals surface area contributed by atoms with Crippen LogP contribution >= 0.6 is 11.8 Å². The highest BCUT2D eigenvalue weighted by molar-refractivity contribution is 8.00. The normalized spacial score (nSPS) is 18.0. The quantitative estimate of drug-likeness (QED) is 0.161. The molecule has 2 aromatic carbocycles. The molecule has 0 saturated carbocycles. The van der Waals surface area contributed by atoms with E-state index < -0.39 is 58.2 Å². The summed E-state index contributed by atoms with van der Waals surface area (Å²) in [6.07, 6.45) is -1.04. The highest BCUT2D eigenvalue weighted by Crippen LogP contribution is 2.40. The summed E-state index contributed by atoms with van der Waals surface area (Å²) in [5.74, 6) is -2.39. The molecule has 5 atom stereocenters. The van der Waals surface area contributed by atoms with Crippen molar-refractivity contribution in [1.29, 1.82) is 0 Å². The molecule has 52 heavy (non-hydrogen) atoms. The number of rotatable bonds is 15. The number of benzene rings is 2. The number of carbonyl (C=O) groups is 5. The van der Waals surface area contributed by atoms with Crippen molar-refractivity contribution in [2.75, 3.05) is 19.0 Å². The van der Waals surface area contributed by atoms with Crippen molar-refractivity contribution in [3.05, 3.63) is 71.8 Å². The van der Waals surface area contributed by atoms with Gasteiger partial charge in [0.05, 0.1) is 11.9 Å². The predicted octanol–water partition coefficient (Wildman–Crippen LogP) is 3.04. The van der Waals surface area contributed by atoms with Gasteiger partial charge in [-0.15, -0.1) is 11.8 Å². The van der Waals surface area contributed by atoms with Crippen LogP contribution < -0.4 is 27.0 Å². The van der Waals surface area contributed by atoms with E-state index in [-0.39, 0.29) is 35.9 Å². The molecule has 0 aliphatic carbocycles. The molecule has 13 heteroatoms. The van der Waals surface area contributed by atoms with Gasteiger partial charge in [0.25, 0.3) is 5.91 Å². The highest BCUT2D eigenvalue weighted by atomic mass is 32.2. The third kappa shape index (κ3) is 12.1. The Bertz CT molecular complexity index is 1530. The molecule has 5 amide bonds. The van der Waals surface area contributed by atoms with E-state index in [1.54, 1.807) is 51.1 Å². The predicted molar refractivity (Wildman–Crippen MR) is 205 cm³/mol. The lowest BCUT2D eigenvalue weighted by Crippen LogP contribution is -2.62. The molecule has 1 heterocycles. The molecule has 1 fully saturated rings. The minimum Gasteiger partial charge on any atom is -0.381 e. The molecule has 2 aromatic rings. The molecule has 7 N–H and O–H groups in total. The zero-order valence-corrected chi connectivity index (χ0v) is 32.6. The molecule has 1 aliphatic rings. The Labute approximate surface area is 312 Å². The van der Waals surface area contributed by atoms with Gasteiger partial charge in [-0.25, -0.2) is 0 Å². The fourth-order valence-electron chi connectivity index (χ4n) is 5.92. The Kier molecular flexibility index (Phi) is 14.9. The molecule has 12 nitrogen and oxygen atoms in total. The molecule has 0 spiro atoms. The molecule has 1 aliphatic heterocycles. The summed E-state index contributed by atoms with van der Waals surface area (Å²) in [5, 5.41) is 23.2. The SMILES string of the molecule is CC(C)(C)CNC(=O)[C@H]1N(C(=O)[C@@H](O)[C@H](Cc2ccccc2)NC(=O)[C@@H](NC(=O)[C@@H](NC(=O)CCCN)c2ccccc2)C(C)(C)C)CSC1(C)C. The first-order valence-electron chi connectivity index (χ1n) is 17.8. The van der Waals surface area contributed by atoms with Gasteiger partial charge in [-0.3, -0.25) is 24.0 Å². The van der Waals surface area contributed by atoms with E-state index in [9.17, 15) is 29.1 Å². The molecule has 0 unspecified atom stereocenters. The van der Waals surface area contributed by atoms with Gasteiger partial charge in [0.2, 0.25) is 23.6 Å². The van der Waals surface area contributed by atoms with E-state index in [0.29, 0.717) is 25.1 Å². The van der Waals surface area contributed by atoms with Gasteiger partial charge in [0, 0.05) is 17.7 Å². The smallest absolute Gasteiger partial charge is 0.254 e. The molecule has 0 aromatic heterocycles. The van der Waals surface area contributed by atoms with Crippen molar-refractivity contribution in [3.8, 4) is 0 Å². The molecule has 0 bridgehead atoms. The average molecular weight is 739 g/mol. The summed E-state index contributed by atoms with van der Waals surface area (Å²) in [5.41, 5.74) is 5.87. The maximum absolute atomic E-state index is 14.2. The fourth-order valence-corrected chi connectivity index (χ4v) is 7.06. The maximum atomic E-state index is 14.2. The van der Waals surface area contributed by atoms with Crippen LogP contribution in [-0.4, -0.2) is 87.5 Å². The number of amides is 5. The standard InChI is InChI=1S/C39H58N6O6S/c1-37(2,3)23-41-35(50)32-39(7,8)52-24-45(32)36(51)30(47)27(22-25-16-11-9-12-17-25)42-34(49)31(38(4,5)6)44-33(48)29(26-18-13-10-14-19-26)43-28(46)20-15-21-40/h9-14,16-19,27,29-32,47H,15,20-24,40H2,1-8H3,(H,41,50)(H,42,49)(H,43,46)(H,44,48)/t27-,29-,30-,31+,32+/m0/s1. The average Bonchev–Trinajstić information content (AvgIpc) is 3.40. The molecule has 0 radical (unpaired) electrons. The van der Waals surface area contributed by atoms with E-state index in [1.165, 1.54) is 16.7 Å². The number of aliphatic hydroxyl groups is 1. The fraction of sp³-hybridized carbons (Fsp3) is 0.564. The largest absolute Gasteiger partial charge is 0.381 e. The summed E-state index contributed by atoms with van der Waals surface area (Å²) in [7, 11) is 0. The minimum absolute atomic E-state index is 0.0966.